The van der Waals surface area contributed by atoms with Crippen LogP contribution < -0.4 is 5.73 Å². The van der Waals surface area contributed by atoms with Gasteiger partial charge in [0.05, 0.1) is 0 Å². The molecule has 1 fully saturated rings. The van der Waals surface area contributed by atoms with Crippen molar-refractivity contribution in [2.45, 2.75) is 43.5 Å². The van der Waals surface area contributed by atoms with Crippen LogP contribution in [0.4, 0.5) is 0 Å². The van der Waals surface area contributed by atoms with Crippen LogP contribution in [-0.2, 0) is 0 Å². The lowest BCUT2D eigenvalue weighted by Crippen LogP contribution is -2.41. The van der Waals surface area contributed by atoms with Crippen molar-refractivity contribution in [3.8, 4) is 0 Å². The Balaban J connectivity index is 1.75. The Morgan fingerprint density at radius 2 is 2.05 bits per heavy atom. The first-order valence-electron chi connectivity index (χ1n) is 7.43. The maximum Gasteiger partial charge on any atom is 0.0108 e. The summed E-state index contributed by atoms with van der Waals surface area (Å²) in [4.78, 5) is 4.04. The molecule has 3 heteroatoms. The first-order chi connectivity index (χ1) is 9.29. The lowest BCUT2D eigenvalue weighted by atomic mass is 9.99. The number of hydrogen-bond acceptors (Lipinski definition) is 3. The Morgan fingerprint density at radius 3 is 2.79 bits per heavy atom. The molecule has 0 saturated carbocycles. The number of nitrogens with two attached hydrogens (primary N) is 1. The molecule has 106 valence electrons. The summed E-state index contributed by atoms with van der Waals surface area (Å²) in [5.74, 6) is 1.18. The summed E-state index contributed by atoms with van der Waals surface area (Å²) in [6.07, 6.45) is 5.24. The molecular formula is C16H26N2S. The lowest BCUT2D eigenvalue weighted by molar-refractivity contribution is 0.151. The van der Waals surface area contributed by atoms with Crippen molar-refractivity contribution in [1.82, 2.24) is 4.90 Å². The van der Waals surface area contributed by atoms with Crippen molar-refractivity contribution in [2.75, 3.05) is 25.4 Å². The van der Waals surface area contributed by atoms with Crippen LogP contribution in [0.3, 0.4) is 0 Å². The van der Waals surface area contributed by atoms with Gasteiger partial charge < -0.3 is 5.73 Å². The molecule has 1 unspecified atom stereocenters. The number of likely N-dealkylation sites (tertiary alicyclic amines) is 1. The normalized spacial score (nSPS) is 20.6. The van der Waals surface area contributed by atoms with Gasteiger partial charge in [0.2, 0.25) is 0 Å². The SMILES string of the molecule is Cc1ccc(SCCN2CCCCC2CCN)cc1. The van der Waals surface area contributed by atoms with Crippen LogP contribution in [0.2, 0.25) is 0 Å². The summed E-state index contributed by atoms with van der Waals surface area (Å²) < 4.78 is 0. The van der Waals surface area contributed by atoms with E-state index in [1.54, 1.807) is 0 Å². The third-order valence-corrected chi connectivity index (χ3v) is 4.91. The molecule has 1 heterocycles. The molecule has 1 aromatic carbocycles. The molecule has 0 aliphatic carbocycles. The average molecular weight is 278 g/mol. The molecule has 19 heavy (non-hydrogen) atoms. The first kappa shape index (κ1) is 14.9. The number of nitrogens with zero attached hydrogens (tertiary/aromatic N) is 1. The van der Waals surface area contributed by atoms with Gasteiger partial charge in [-0.25, -0.2) is 0 Å². The standard InChI is InChI=1S/C16H26N2S/c1-14-5-7-16(8-6-14)19-13-12-18-11-3-2-4-15(18)9-10-17/h5-8,15H,2-4,9-13,17H2,1H3. The highest BCUT2D eigenvalue weighted by atomic mass is 32.2. The van der Waals surface area contributed by atoms with Gasteiger partial charge in [0, 0.05) is 23.2 Å². The van der Waals surface area contributed by atoms with Crippen LogP contribution >= 0.6 is 11.8 Å². The van der Waals surface area contributed by atoms with Crippen LogP contribution in [0.25, 0.3) is 0 Å². The molecule has 1 atom stereocenters. The summed E-state index contributed by atoms with van der Waals surface area (Å²) in [6.45, 7) is 5.42. The van der Waals surface area contributed by atoms with Gasteiger partial charge in [0.15, 0.2) is 0 Å². The van der Waals surface area contributed by atoms with Crippen molar-refractivity contribution >= 4 is 11.8 Å². The number of piperidine rings is 1. The fourth-order valence-electron chi connectivity index (χ4n) is 2.79. The van der Waals surface area contributed by atoms with Crippen LogP contribution in [0.1, 0.15) is 31.2 Å². The van der Waals surface area contributed by atoms with E-state index in [0.29, 0.717) is 0 Å². The zero-order valence-electron chi connectivity index (χ0n) is 12.0. The van der Waals surface area contributed by atoms with E-state index in [-0.39, 0.29) is 0 Å². The van der Waals surface area contributed by atoms with E-state index in [9.17, 15) is 0 Å². The van der Waals surface area contributed by atoms with Crippen LogP contribution in [0, 0.1) is 6.92 Å². The quantitative estimate of drug-likeness (QED) is 0.810. The van der Waals surface area contributed by atoms with Crippen molar-refractivity contribution in [3.05, 3.63) is 29.8 Å². The van der Waals surface area contributed by atoms with E-state index in [2.05, 4.69) is 36.1 Å². The summed E-state index contributed by atoms with van der Waals surface area (Å²) in [6, 6.07) is 9.58. The fraction of sp³-hybridized carbons (Fsp3) is 0.625. The summed E-state index contributed by atoms with van der Waals surface area (Å²) >= 11 is 1.97. The highest BCUT2D eigenvalue weighted by Gasteiger charge is 2.20. The second kappa shape index (κ2) is 7.93. The first-order valence-corrected chi connectivity index (χ1v) is 8.42. The van der Waals surface area contributed by atoms with Crippen LogP contribution in [-0.4, -0.2) is 36.3 Å². The van der Waals surface area contributed by atoms with Crippen molar-refractivity contribution in [2.24, 2.45) is 5.73 Å². The Kier molecular flexibility index (Phi) is 6.21. The molecule has 0 spiro atoms. The number of aryl methyl sites for hydroxylation is 1. The number of thioether (sulfide) groups is 1. The Morgan fingerprint density at radius 1 is 1.26 bits per heavy atom. The molecule has 0 amide bonds. The van der Waals surface area contributed by atoms with Gasteiger partial charge in [-0.05, 0) is 51.4 Å². The zero-order chi connectivity index (χ0) is 13.5. The molecule has 0 aromatic heterocycles. The molecule has 1 saturated heterocycles. The van der Waals surface area contributed by atoms with E-state index in [1.165, 1.54) is 48.6 Å². The molecule has 0 bridgehead atoms. The number of benzene rings is 1. The molecule has 0 radical (unpaired) electrons. The predicted octanol–water partition coefficient (Wildman–Crippen LogP) is 3.29. The van der Waals surface area contributed by atoms with Crippen molar-refractivity contribution in [3.63, 3.8) is 0 Å². The van der Waals surface area contributed by atoms with E-state index >= 15 is 0 Å². The Labute approximate surface area is 121 Å². The third kappa shape index (κ3) is 4.83. The lowest BCUT2D eigenvalue weighted by Gasteiger charge is -2.35. The molecular weight excluding hydrogens is 252 g/mol. The van der Waals surface area contributed by atoms with Gasteiger partial charge >= 0.3 is 0 Å². The maximum absolute atomic E-state index is 5.72. The van der Waals surface area contributed by atoms with Gasteiger partial charge in [-0.15, -0.1) is 11.8 Å². The van der Waals surface area contributed by atoms with Crippen LogP contribution in [0.15, 0.2) is 29.2 Å². The maximum atomic E-state index is 5.72. The minimum Gasteiger partial charge on any atom is -0.330 e. The fourth-order valence-corrected chi connectivity index (χ4v) is 3.68. The zero-order valence-corrected chi connectivity index (χ0v) is 12.8. The number of hydrogen-bond donors (Lipinski definition) is 1. The molecule has 2 nitrogen and oxygen atoms in total. The second-order valence-corrected chi connectivity index (χ2v) is 6.59. The topological polar surface area (TPSA) is 29.3 Å². The molecule has 2 rings (SSSR count). The van der Waals surface area contributed by atoms with Gasteiger partial charge in [-0.3, -0.25) is 4.90 Å². The smallest absolute Gasteiger partial charge is 0.0108 e. The Bertz CT molecular complexity index is 362. The van der Waals surface area contributed by atoms with Crippen molar-refractivity contribution in [1.29, 1.82) is 0 Å². The minimum absolute atomic E-state index is 0.734. The third-order valence-electron chi connectivity index (χ3n) is 3.92. The highest BCUT2D eigenvalue weighted by molar-refractivity contribution is 7.99. The van der Waals surface area contributed by atoms with Gasteiger partial charge in [-0.2, -0.15) is 0 Å². The van der Waals surface area contributed by atoms with Gasteiger partial charge in [0.1, 0.15) is 0 Å². The van der Waals surface area contributed by atoms with Gasteiger partial charge in [0.25, 0.3) is 0 Å². The second-order valence-electron chi connectivity index (χ2n) is 5.42. The monoisotopic (exact) mass is 278 g/mol. The molecule has 1 aromatic rings. The number of rotatable bonds is 6. The van der Waals surface area contributed by atoms with E-state index in [4.69, 9.17) is 5.73 Å². The molecule has 1 aliphatic heterocycles. The predicted molar refractivity (Wildman–Crippen MR) is 84.8 cm³/mol. The van der Waals surface area contributed by atoms with Crippen molar-refractivity contribution < 1.29 is 0 Å². The summed E-state index contributed by atoms with van der Waals surface area (Å²) in [5, 5.41) is 0. The summed E-state index contributed by atoms with van der Waals surface area (Å²) in [7, 11) is 0. The summed E-state index contributed by atoms with van der Waals surface area (Å²) in [5.41, 5.74) is 7.06. The molecule has 2 N–H and O–H groups in total. The minimum atomic E-state index is 0.734. The highest BCUT2D eigenvalue weighted by Crippen LogP contribution is 2.22. The van der Waals surface area contributed by atoms with E-state index < -0.39 is 0 Å². The van der Waals surface area contributed by atoms with E-state index in [0.717, 1.165) is 19.0 Å². The molecule has 1 aliphatic rings. The Hall–Kier alpha value is -0.510. The van der Waals surface area contributed by atoms with E-state index in [1.807, 2.05) is 11.8 Å². The van der Waals surface area contributed by atoms with Gasteiger partial charge in [-0.1, -0.05) is 24.1 Å². The average Bonchev–Trinajstić information content (AvgIpc) is 2.43. The van der Waals surface area contributed by atoms with Crippen LogP contribution in [0.5, 0.6) is 0 Å². The largest absolute Gasteiger partial charge is 0.330 e.